The molecular formula is C19H18Cl2N2O2S. The van der Waals surface area contributed by atoms with E-state index in [4.69, 9.17) is 27.9 Å². The van der Waals surface area contributed by atoms with Crippen LogP contribution in [0.5, 0.6) is 5.75 Å². The minimum absolute atomic E-state index is 0.106. The maximum atomic E-state index is 12.2. The van der Waals surface area contributed by atoms with Gasteiger partial charge < -0.3 is 10.1 Å². The van der Waals surface area contributed by atoms with Gasteiger partial charge in [0, 0.05) is 16.3 Å². The number of halogens is 2. The van der Waals surface area contributed by atoms with Gasteiger partial charge in [0.25, 0.3) is 0 Å². The normalized spacial score (nSPS) is 13.0. The summed E-state index contributed by atoms with van der Waals surface area (Å²) in [7, 11) is 0. The molecule has 1 aliphatic rings. The SMILES string of the molecule is N#Cc1c(NC(=O)CCCOc2ccc(Cl)cc2Cl)sc2c1CCCC2. The number of rotatable bonds is 6. The van der Waals surface area contributed by atoms with Crippen LogP contribution in [-0.2, 0) is 17.6 Å². The standard InChI is InChI=1S/C19H18Cl2N2O2S/c20-12-7-8-16(15(21)10-12)25-9-3-6-18(24)23-19-14(11-22)13-4-1-2-5-17(13)26-19/h7-8,10H,1-6,9H2,(H,23,24). The summed E-state index contributed by atoms with van der Waals surface area (Å²) in [6, 6.07) is 7.29. The summed E-state index contributed by atoms with van der Waals surface area (Å²) < 4.78 is 5.58. The van der Waals surface area contributed by atoms with E-state index in [1.54, 1.807) is 18.2 Å². The number of carbonyl (C=O) groups is 1. The van der Waals surface area contributed by atoms with Gasteiger partial charge in [-0.2, -0.15) is 5.26 Å². The summed E-state index contributed by atoms with van der Waals surface area (Å²) in [5.74, 6) is 0.445. The molecule has 1 amide bonds. The van der Waals surface area contributed by atoms with Crippen molar-refractivity contribution in [2.75, 3.05) is 11.9 Å². The molecule has 0 saturated carbocycles. The molecule has 0 atom stereocenters. The molecule has 1 aromatic carbocycles. The lowest BCUT2D eigenvalue weighted by Gasteiger charge is -2.09. The fourth-order valence-electron chi connectivity index (χ4n) is 2.97. The molecule has 1 aliphatic carbocycles. The lowest BCUT2D eigenvalue weighted by molar-refractivity contribution is -0.116. The van der Waals surface area contributed by atoms with E-state index in [1.807, 2.05) is 0 Å². The maximum Gasteiger partial charge on any atom is 0.225 e. The third-order valence-corrected chi connectivity index (χ3v) is 5.97. The van der Waals surface area contributed by atoms with E-state index in [2.05, 4.69) is 11.4 Å². The molecule has 0 unspecified atom stereocenters. The van der Waals surface area contributed by atoms with Crippen molar-refractivity contribution in [2.45, 2.75) is 38.5 Å². The number of nitrogens with one attached hydrogen (secondary N) is 1. The first kappa shape index (κ1) is 19.0. The van der Waals surface area contributed by atoms with Gasteiger partial charge in [0.05, 0.1) is 17.2 Å². The van der Waals surface area contributed by atoms with Crippen LogP contribution in [0.3, 0.4) is 0 Å². The Kier molecular flexibility index (Phi) is 6.42. The molecule has 1 aromatic heterocycles. The predicted molar refractivity (Wildman–Crippen MR) is 105 cm³/mol. The highest BCUT2D eigenvalue weighted by Gasteiger charge is 2.21. The Balaban J connectivity index is 1.50. The topological polar surface area (TPSA) is 62.1 Å². The van der Waals surface area contributed by atoms with Gasteiger partial charge in [-0.1, -0.05) is 23.2 Å². The minimum Gasteiger partial charge on any atom is -0.492 e. The van der Waals surface area contributed by atoms with Gasteiger partial charge in [0.2, 0.25) is 5.91 Å². The lowest BCUT2D eigenvalue weighted by atomic mass is 9.96. The van der Waals surface area contributed by atoms with Gasteiger partial charge in [-0.3, -0.25) is 4.79 Å². The number of aryl methyl sites for hydroxylation is 1. The number of ether oxygens (including phenoxy) is 1. The molecule has 1 N–H and O–H groups in total. The Labute approximate surface area is 166 Å². The summed E-state index contributed by atoms with van der Waals surface area (Å²) >= 11 is 13.4. The van der Waals surface area contributed by atoms with Crippen molar-refractivity contribution in [3.05, 3.63) is 44.2 Å². The quantitative estimate of drug-likeness (QED) is 0.632. The van der Waals surface area contributed by atoms with E-state index in [-0.39, 0.29) is 5.91 Å². The number of thiophene rings is 1. The van der Waals surface area contributed by atoms with Gasteiger partial charge in [-0.25, -0.2) is 0 Å². The van der Waals surface area contributed by atoms with Gasteiger partial charge in [-0.05, 0) is 55.9 Å². The first-order chi connectivity index (χ1) is 12.6. The van der Waals surface area contributed by atoms with Crippen LogP contribution in [0.1, 0.15) is 41.7 Å². The van der Waals surface area contributed by atoms with Crippen molar-refractivity contribution in [1.82, 2.24) is 0 Å². The average Bonchev–Trinajstić information content (AvgIpc) is 2.97. The summed E-state index contributed by atoms with van der Waals surface area (Å²) in [5, 5.41) is 14.0. The summed E-state index contributed by atoms with van der Waals surface area (Å²) in [6.07, 6.45) is 5.06. The highest BCUT2D eigenvalue weighted by atomic mass is 35.5. The fraction of sp³-hybridized carbons (Fsp3) is 0.368. The number of anilines is 1. The van der Waals surface area contributed by atoms with Gasteiger partial charge in [0.15, 0.2) is 0 Å². The van der Waals surface area contributed by atoms with E-state index in [0.717, 1.165) is 31.2 Å². The van der Waals surface area contributed by atoms with Crippen LogP contribution in [-0.4, -0.2) is 12.5 Å². The second kappa shape index (κ2) is 8.77. The first-order valence-corrected chi connectivity index (χ1v) is 10.1. The molecular weight excluding hydrogens is 391 g/mol. The molecule has 2 aromatic rings. The third-order valence-electron chi connectivity index (χ3n) is 4.24. The molecule has 0 saturated heterocycles. The number of hydrogen-bond donors (Lipinski definition) is 1. The van der Waals surface area contributed by atoms with Crippen molar-refractivity contribution in [2.24, 2.45) is 0 Å². The van der Waals surface area contributed by atoms with E-state index in [1.165, 1.54) is 16.2 Å². The molecule has 4 nitrogen and oxygen atoms in total. The molecule has 0 aliphatic heterocycles. The zero-order chi connectivity index (χ0) is 18.5. The Morgan fingerprint density at radius 1 is 1.31 bits per heavy atom. The zero-order valence-electron chi connectivity index (χ0n) is 14.1. The van der Waals surface area contributed by atoms with Gasteiger partial charge >= 0.3 is 0 Å². The Morgan fingerprint density at radius 3 is 2.88 bits per heavy atom. The molecule has 136 valence electrons. The highest BCUT2D eigenvalue weighted by molar-refractivity contribution is 7.16. The largest absolute Gasteiger partial charge is 0.492 e. The number of nitriles is 1. The molecule has 7 heteroatoms. The summed E-state index contributed by atoms with van der Waals surface area (Å²) in [5.41, 5.74) is 1.77. The molecule has 1 heterocycles. The number of benzene rings is 1. The number of fused-ring (bicyclic) bond motifs is 1. The van der Waals surface area contributed by atoms with Crippen molar-refractivity contribution in [3.8, 4) is 11.8 Å². The number of hydrogen-bond acceptors (Lipinski definition) is 4. The van der Waals surface area contributed by atoms with Crippen LogP contribution in [0.2, 0.25) is 10.0 Å². The van der Waals surface area contributed by atoms with Crippen LogP contribution in [0.25, 0.3) is 0 Å². The van der Waals surface area contributed by atoms with Crippen LogP contribution < -0.4 is 10.1 Å². The summed E-state index contributed by atoms with van der Waals surface area (Å²) in [4.78, 5) is 13.4. The molecule has 0 fully saturated rings. The number of carbonyl (C=O) groups excluding carboxylic acids is 1. The average molecular weight is 409 g/mol. The molecule has 0 bridgehead atoms. The minimum atomic E-state index is -0.106. The van der Waals surface area contributed by atoms with Gasteiger partial charge in [0.1, 0.15) is 16.8 Å². The Bertz CT molecular complexity index is 858. The predicted octanol–water partition coefficient (Wildman–Crippen LogP) is 5.60. The third kappa shape index (κ3) is 4.50. The molecule has 0 radical (unpaired) electrons. The fourth-order valence-corrected chi connectivity index (χ4v) is 4.69. The van der Waals surface area contributed by atoms with E-state index < -0.39 is 0 Å². The van der Waals surface area contributed by atoms with Gasteiger partial charge in [-0.15, -0.1) is 11.3 Å². The van der Waals surface area contributed by atoms with E-state index in [0.29, 0.717) is 45.8 Å². The number of amides is 1. The van der Waals surface area contributed by atoms with E-state index >= 15 is 0 Å². The smallest absolute Gasteiger partial charge is 0.225 e. The van der Waals surface area contributed by atoms with Crippen LogP contribution in [0.4, 0.5) is 5.00 Å². The van der Waals surface area contributed by atoms with Crippen LogP contribution in [0.15, 0.2) is 18.2 Å². The van der Waals surface area contributed by atoms with Crippen molar-refractivity contribution in [3.63, 3.8) is 0 Å². The van der Waals surface area contributed by atoms with E-state index in [9.17, 15) is 10.1 Å². The molecule has 3 rings (SSSR count). The Morgan fingerprint density at radius 2 is 2.12 bits per heavy atom. The van der Waals surface area contributed by atoms with Crippen LogP contribution in [0, 0.1) is 11.3 Å². The number of nitrogens with zero attached hydrogens (tertiary/aromatic N) is 1. The van der Waals surface area contributed by atoms with Crippen molar-refractivity contribution in [1.29, 1.82) is 5.26 Å². The Hall–Kier alpha value is -1.74. The van der Waals surface area contributed by atoms with Crippen LogP contribution >= 0.6 is 34.5 Å². The molecule has 0 spiro atoms. The molecule has 26 heavy (non-hydrogen) atoms. The summed E-state index contributed by atoms with van der Waals surface area (Å²) in [6.45, 7) is 0.376. The second-order valence-electron chi connectivity index (χ2n) is 6.10. The maximum absolute atomic E-state index is 12.2. The van der Waals surface area contributed by atoms with Crippen molar-refractivity contribution < 1.29 is 9.53 Å². The van der Waals surface area contributed by atoms with Crippen molar-refractivity contribution >= 4 is 45.4 Å². The zero-order valence-corrected chi connectivity index (χ0v) is 16.4. The second-order valence-corrected chi connectivity index (χ2v) is 8.05. The monoisotopic (exact) mass is 408 g/mol. The highest BCUT2D eigenvalue weighted by Crippen LogP contribution is 2.37. The lowest BCUT2D eigenvalue weighted by Crippen LogP contribution is -2.13. The first-order valence-electron chi connectivity index (χ1n) is 8.51.